The Kier molecular flexibility index (Phi) is 10.3. The summed E-state index contributed by atoms with van der Waals surface area (Å²) in [5.41, 5.74) is 1.69. The predicted molar refractivity (Wildman–Crippen MR) is 164 cm³/mol. The average Bonchev–Trinajstić information content (AvgIpc) is 2.96. The molecule has 2 amide bonds. The number of carbonyl (C=O) groups is 2. The molecule has 1 N–H and O–H groups in total. The number of anilines is 1. The minimum absolute atomic E-state index is 0.0505. The Bertz CT molecular complexity index is 1460. The summed E-state index contributed by atoms with van der Waals surface area (Å²) in [4.78, 5) is 29.0. The minimum Gasteiger partial charge on any atom is -0.352 e. The molecule has 0 saturated heterocycles. The highest BCUT2D eigenvalue weighted by molar-refractivity contribution is 7.92. The molecule has 0 unspecified atom stereocenters. The van der Waals surface area contributed by atoms with Gasteiger partial charge in [-0.25, -0.2) is 8.42 Å². The molecule has 10 heteroatoms. The van der Waals surface area contributed by atoms with Crippen LogP contribution in [0.1, 0.15) is 50.2 Å². The molecule has 0 aromatic heterocycles. The van der Waals surface area contributed by atoms with Crippen molar-refractivity contribution < 1.29 is 18.0 Å². The van der Waals surface area contributed by atoms with Crippen LogP contribution in [0.2, 0.25) is 10.0 Å². The molecule has 4 rings (SSSR count). The molecule has 3 aromatic rings. The topological polar surface area (TPSA) is 86.8 Å². The lowest BCUT2D eigenvalue weighted by Crippen LogP contribution is -2.53. The second-order valence-electron chi connectivity index (χ2n) is 10.4. The Morgan fingerprint density at radius 2 is 1.56 bits per heavy atom. The first kappa shape index (κ1) is 30.9. The maximum absolute atomic E-state index is 14.1. The van der Waals surface area contributed by atoms with Crippen LogP contribution in [-0.4, -0.2) is 43.8 Å². The molecule has 0 heterocycles. The SMILES string of the molecule is Cc1cc(Cl)ccc1N(CC(=O)N(Cc1ccc(Cl)cc1)[C@@H](C)C(=O)NC1CCCCC1)S(=O)(=O)c1ccccc1. The van der Waals surface area contributed by atoms with E-state index < -0.39 is 28.5 Å². The van der Waals surface area contributed by atoms with Crippen LogP contribution in [0.25, 0.3) is 0 Å². The maximum Gasteiger partial charge on any atom is 0.264 e. The fourth-order valence-electron chi connectivity index (χ4n) is 5.07. The Balaban J connectivity index is 1.69. The third-order valence-corrected chi connectivity index (χ3v) is 9.68. The van der Waals surface area contributed by atoms with Crippen LogP contribution in [-0.2, 0) is 26.2 Å². The monoisotopic (exact) mass is 615 g/mol. The summed E-state index contributed by atoms with van der Waals surface area (Å²) < 4.78 is 28.9. The lowest BCUT2D eigenvalue weighted by molar-refractivity contribution is -0.139. The van der Waals surface area contributed by atoms with E-state index in [0.717, 1.165) is 42.0 Å². The van der Waals surface area contributed by atoms with E-state index in [2.05, 4.69) is 5.32 Å². The highest BCUT2D eigenvalue weighted by Crippen LogP contribution is 2.29. The molecule has 0 bridgehead atoms. The average molecular weight is 617 g/mol. The number of nitrogens with one attached hydrogen (secondary N) is 1. The standard InChI is InChI=1S/C31H35Cl2N3O4S/c1-22-19-26(33)17-18-29(22)36(41(39,40)28-11-7-4-8-12-28)21-30(37)35(20-24-13-15-25(32)16-14-24)23(2)31(38)34-27-9-5-3-6-10-27/h4,7-8,11-19,23,27H,3,5-6,9-10,20-21H2,1-2H3,(H,34,38)/t23-/m0/s1. The number of halogens is 2. The zero-order chi connectivity index (χ0) is 29.6. The highest BCUT2D eigenvalue weighted by atomic mass is 35.5. The molecule has 0 radical (unpaired) electrons. The third-order valence-electron chi connectivity index (χ3n) is 7.42. The van der Waals surface area contributed by atoms with Gasteiger partial charge in [-0.2, -0.15) is 0 Å². The lowest BCUT2D eigenvalue weighted by atomic mass is 9.95. The molecule has 1 atom stereocenters. The van der Waals surface area contributed by atoms with Crippen LogP contribution < -0.4 is 9.62 Å². The summed E-state index contributed by atoms with van der Waals surface area (Å²) in [6.07, 6.45) is 5.07. The second-order valence-corrected chi connectivity index (χ2v) is 13.2. The normalized spacial score (nSPS) is 14.7. The van der Waals surface area contributed by atoms with Crippen LogP contribution in [0.5, 0.6) is 0 Å². The molecule has 7 nitrogen and oxygen atoms in total. The van der Waals surface area contributed by atoms with Gasteiger partial charge in [-0.05, 0) is 80.3 Å². The fraction of sp³-hybridized carbons (Fsp3) is 0.355. The van der Waals surface area contributed by atoms with Crippen molar-refractivity contribution in [2.75, 3.05) is 10.8 Å². The zero-order valence-electron chi connectivity index (χ0n) is 23.2. The molecule has 1 saturated carbocycles. The van der Waals surface area contributed by atoms with E-state index in [1.54, 1.807) is 74.5 Å². The van der Waals surface area contributed by atoms with Crippen molar-refractivity contribution in [3.63, 3.8) is 0 Å². The first-order chi connectivity index (χ1) is 19.6. The summed E-state index contributed by atoms with van der Waals surface area (Å²) in [6.45, 7) is 3.02. The van der Waals surface area contributed by atoms with Gasteiger partial charge in [0, 0.05) is 22.6 Å². The summed E-state index contributed by atoms with van der Waals surface area (Å²) in [5, 5.41) is 4.10. The number of hydrogen-bond donors (Lipinski definition) is 1. The molecule has 1 aliphatic carbocycles. The number of aryl methyl sites for hydroxylation is 1. The van der Waals surface area contributed by atoms with E-state index in [9.17, 15) is 18.0 Å². The van der Waals surface area contributed by atoms with Gasteiger partial charge in [0.2, 0.25) is 11.8 Å². The van der Waals surface area contributed by atoms with Crippen molar-refractivity contribution in [3.8, 4) is 0 Å². The van der Waals surface area contributed by atoms with Gasteiger partial charge in [0.1, 0.15) is 12.6 Å². The molecule has 41 heavy (non-hydrogen) atoms. The number of amides is 2. The number of carbonyl (C=O) groups excluding carboxylic acids is 2. The quantitative estimate of drug-likeness (QED) is 0.287. The van der Waals surface area contributed by atoms with Gasteiger partial charge in [0.15, 0.2) is 0 Å². The number of rotatable bonds is 10. The third kappa shape index (κ3) is 7.82. The van der Waals surface area contributed by atoms with E-state index in [1.807, 2.05) is 0 Å². The number of benzene rings is 3. The van der Waals surface area contributed by atoms with Gasteiger partial charge in [-0.1, -0.05) is 72.8 Å². The van der Waals surface area contributed by atoms with Crippen LogP contribution in [0.3, 0.4) is 0 Å². The van der Waals surface area contributed by atoms with Crippen LogP contribution in [0.15, 0.2) is 77.7 Å². The number of hydrogen-bond acceptors (Lipinski definition) is 4. The first-order valence-electron chi connectivity index (χ1n) is 13.7. The summed E-state index contributed by atoms with van der Waals surface area (Å²) >= 11 is 12.2. The number of sulfonamides is 1. The molecular formula is C31H35Cl2N3O4S. The molecule has 1 fully saturated rings. The van der Waals surface area contributed by atoms with Crippen molar-refractivity contribution >= 4 is 50.7 Å². The predicted octanol–water partition coefficient (Wildman–Crippen LogP) is 6.36. The van der Waals surface area contributed by atoms with E-state index in [0.29, 0.717) is 21.3 Å². The first-order valence-corrected chi connectivity index (χ1v) is 15.9. The van der Waals surface area contributed by atoms with E-state index in [-0.39, 0.29) is 23.4 Å². The van der Waals surface area contributed by atoms with Crippen molar-refractivity contribution in [2.24, 2.45) is 0 Å². The van der Waals surface area contributed by atoms with Crippen LogP contribution in [0.4, 0.5) is 5.69 Å². The van der Waals surface area contributed by atoms with Gasteiger partial charge < -0.3 is 10.2 Å². The van der Waals surface area contributed by atoms with Crippen LogP contribution >= 0.6 is 23.2 Å². The molecular weight excluding hydrogens is 581 g/mol. The van der Waals surface area contributed by atoms with Crippen molar-refractivity contribution in [2.45, 2.75) is 69.5 Å². The Morgan fingerprint density at radius 3 is 2.20 bits per heavy atom. The van der Waals surface area contributed by atoms with E-state index in [1.165, 1.54) is 17.0 Å². The molecule has 0 aliphatic heterocycles. The molecule has 218 valence electrons. The van der Waals surface area contributed by atoms with Gasteiger partial charge in [-0.3, -0.25) is 13.9 Å². The van der Waals surface area contributed by atoms with Crippen molar-refractivity contribution in [1.29, 1.82) is 0 Å². The minimum atomic E-state index is -4.14. The van der Waals surface area contributed by atoms with Gasteiger partial charge in [0.05, 0.1) is 10.6 Å². The maximum atomic E-state index is 14.1. The lowest BCUT2D eigenvalue weighted by Gasteiger charge is -2.33. The molecule has 3 aromatic carbocycles. The summed E-state index contributed by atoms with van der Waals surface area (Å²) in [6, 6.07) is 19.0. The Hall–Kier alpha value is -3.07. The van der Waals surface area contributed by atoms with E-state index >= 15 is 0 Å². The highest BCUT2D eigenvalue weighted by Gasteiger charge is 2.33. The Morgan fingerprint density at radius 1 is 0.927 bits per heavy atom. The smallest absolute Gasteiger partial charge is 0.264 e. The molecule has 0 spiro atoms. The van der Waals surface area contributed by atoms with Gasteiger partial charge in [-0.15, -0.1) is 0 Å². The van der Waals surface area contributed by atoms with Crippen LogP contribution in [0, 0.1) is 6.92 Å². The largest absolute Gasteiger partial charge is 0.352 e. The van der Waals surface area contributed by atoms with Crippen molar-refractivity contribution in [3.05, 3.63) is 94.0 Å². The zero-order valence-corrected chi connectivity index (χ0v) is 25.6. The molecule has 1 aliphatic rings. The van der Waals surface area contributed by atoms with Gasteiger partial charge >= 0.3 is 0 Å². The Labute approximate surface area is 252 Å². The second kappa shape index (κ2) is 13.7. The van der Waals surface area contributed by atoms with E-state index in [4.69, 9.17) is 23.2 Å². The summed E-state index contributed by atoms with van der Waals surface area (Å²) in [7, 11) is -4.14. The number of nitrogens with zero attached hydrogens (tertiary/aromatic N) is 2. The van der Waals surface area contributed by atoms with Crippen molar-refractivity contribution in [1.82, 2.24) is 10.2 Å². The van der Waals surface area contributed by atoms with Gasteiger partial charge in [0.25, 0.3) is 10.0 Å². The summed E-state index contributed by atoms with van der Waals surface area (Å²) in [5.74, 6) is -0.778. The fourth-order valence-corrected chi connectivity index (χ4v) is 6.92.